The van der Waals surface area contributed by atoms with E-state index < -0.39 is 0 Å². The smallest absolute Gasteiger partial charge is 0.164 e. The molecule has 0 radical (unpaired) electrons. The number of halogens is 1. The zero-order chi connectivity index (χ0) is 11.4. The molecule has 0 amide bonds. The van der Waals surface area contributed by atoms with Gasteiger partial charge in [0.2, 0.25) is 0 Å². The second-order valence-electron chi connectivity index (χ2n) is 3.47. The van der Waals surface area contributed by atoms with E-state index in [1.165, 1.54) is 13.2 Å². The van der Waals surface area contributed by atoms with Crippen LogP contribution in [-0.4, -0.2) is 13.2 Å². The van der Waals surface area contributed by atoms with Gasteiger partial charge >= 0.3 is 0 Å². The number of ether oxygens (including phenoxy) is 2. The van der Waals surface area contributed by atoms with E-state index in [-0.39, 0.29) is 18.5 Å². The minimum Gasteiger partial charge on any atom is -0.493 e. The van der Waals surface area contributed by atoms with Crippen molar-refractivity contribution in [1.29, 1.82) is 0 Å². The molecule has 0 spiro atoms. The van der Waals surface area contributed by atoms with Crippen LogP contribution >= 0.6 is 0 Å². The van der Waals surface area contributed by atoms with Gasteiger partial charge in [-0.25, -0.2) is 4.39 Å². The van der Waals surface area contributed by atoms with Gasteiger partial charge in [-0.15, -0.1) is 0 Å². The van der Waals surface area contributed by atoms with E-state index in [4.69, 9.17) is 15.2 Å². The Morgan fingerprint density at radius 3 is 2.47 bits per heavy atom. The van der Waals surface area contributed by atoms with Crippen molar-refractivity contribution in [1.82, 2.24) is 0 Å². The predicted octanol–water partition coefficient (Wildman–Crippen LogP) is 2.08. The molecule has 0 aromatic heterocycles. The molecule has 84 valence electrons. The van der Waals surface area contributed by atoms with E-state index in [1.54, 1.807) is 6.07 Å². The fraction of sp³-hybridized carbons (Fsp3) is 0.455. The first-order chi connectivity index (χ1) is 7.08. The Morgan fingerprint density at radius 1 is 1.33 bits per heavy atom. The highest BCUT2D eigenvalue weighted by Crippen LogP contribution is 2.30. The molecule has 0 aliphatic heterocycles. The molecule has 3 nitrogen and oxygen atoms in total. The van der Waals surface area contributed by atoms with Crippen LogP contribution in [0.15, 0.2) is 12.1 Å². The summed E-state index contributed by atoms with van der Waals surface area (Å²) >= 11 is 0. The van der Waals surface area contributed by atoms with E-state index in [0.29, 0.717) is 17.1 Å². The summed E-state index contributed by atoms with van der Waals surface area (Å²) in [5, 5.41) is 0. The minimum atomic E-state index is -0.367. The van der Waals surface area contributed by atoms with Crippen LogP contribution in [0.4, 0.5) is 4.39 Å². The highest BCUT2D eigenvalue weighted by Gasteiger charge is 2.11. The monoisotopic (exact) mass is 213 g/mol. The molecule has 0 heterocycles. The van der Waals surface area contributed by atoms with Crippen LogP contribution in [0.25, 0.3) is 0 Å². The third-order valence-electron chi connectivity index (χ3n) is 1.92. The van der Waals surface area contributed by atoms with Crippen molar-refractivity contribution in [3.8, 4) is 11.5 Å². The Morgan fingerprint density at radius 2 is 2.00 bits per heavy atom. The quantitative estimate of drug-likeness (QED) is 0.832. The Kier molecular flexibility index (Phi) is 3.91. The van der Waals surface area contributed by atoms with Gasteiger partial charge in [-0.1, -0.05) is 0 Å². The van der Waals surface area contributed by atoms with Gasteiger partial charge in [-0.05, 0) is 19.9 Å². The number of hydrogen-bond donors (Lipinski definition) is 1. The molecule has 0 saturated carbocycles. The number of methoxy groups -OCH3 is 1. The molecule has 1 rings (SSSR count). The second kappa shape index (κ2) is 4.98. The van der Waals surface area contributed by atoms with Gasteiger partial charge in [-0.3, -0.25) is 0 Å². The van der Waals surface area contributed by atoms with Gasteiger partial charge < -0.3 is 15.2 Å². The standard InChI is InChI=1S/C11H16FNO2/c1-7(2)15-11-5-9(12)8(6-13)4-10(11)14-3/h4-5,7H,6,13H2,1-3H3. The summed E-state index contributed by atoms with van der Waals surface area (Å²) in [6.07, 6.45) is -0.0259. The highest BCUT2D eigenvalue weighted by atomic mass is 19.1. The lowest BCUT2D eigenvalue weighted by Gasteiger charge is -2.14. The summed E-state index contributed by atoms with van der Waals surface area (Å²) in [6, 6.07) is 2.87. The zero-order valence-electron chi connectivity index (χ0n) is 9.21. The summed E-state index contributed by atoms with van der Waals surface area (Å²) in [7, 11) is 1.51. The maximum atomic E-state index is 13.4. The largest absolute Gasteiger partial charge is 0.493 e. The lowest BCUT2D eigenvalue weighted by Crippen LogP contribution is -2.08. The van der Waals surface area contributed by atoms with Crippen LogP contribution in [-0.2, 0) is 6.54 Å². The first-order valence-corrected chi connectivity index (χ1v) is 4.81. The van der Waals surface area contributed by atoms with Gasteiger partial charge in [0.25, 0.3) is 0 Å². The Hall–Kier alpha value is -1.29. The number of hydrogen-bond acceptors (Lipinski definition) is 3. The molecule has 4 heteroatoms. The van der Waals surface area contributed by atoms with Crippen LogP contribution in [0, 0.1) is 5.82 Å². The van der Waals surface area contributed by atoms with E-state index in [1.807, 2.05) is 13.8 Å². The maximum absolute atomic E-state index is 13.4. The van der Waals surface area contributed by atoms with E-state index >= 15 is 0 Å². The topological polar surface area (TPSA) is 44.5 Å². The first-order valence-electron chi connectivity index (χ1n) is 4.81. The molecule has 15 heavy (non-hydrogen) atoms. The van der Waals surface area contributed by atoms with Crippen LogP contribution in [0.5, 0.6) is 11.5 Å². The molecular weight excluding hydrogens is 197 g/mol. The summed E-state index contributed by atoms with van der Waals surface area (Å²) in [4.78, 5) is 0. The highest BCUT2D eigenvalue weighted by molar-refractivity contribution is 5.43. The molecule has 0 aliphatic carbocycles. The molecule has 2 N–H and O–H groups in total. The van der Waals surface area contributed by atoms with Crippen molar-refractivity contribution in [2.45, 2.75) is 26.5 Å². The number of nitrogens with two attached hydrogens (primary N) is 1. The zero-order valence-corrected chi connectivity index (χ0v) is 9.21. The number of rotatable bonds is 4. The molecule has 0 fully saturated rings. The van der Waals surface area contributed by atoms with Crippen molar-refractivity contribution < 1.29 is 13.9 Å². The number of benzene rings is 1. The molecule has 0 bridgehead atoms. The summed E-state index contributed by atoms with van der Waals surface area (Å²) < 4.78 is 23.9. The van der Waals surface area contributed by atoms with E-state index in [9.17, 15) is 4.39 Å². The first kappa shape index (κ1) is 11.8. The van der Waals surface area contributed by atoms with Crippen molar-refractivity contribution in [3.63, 3.8) is 0 Å². The van der Waals surface area contributed by atoms with E-state index in [0.717, 1.165) is 0 Å². The Bertz CT molecular complexity index is 340. The predicted molar refractivity (Wildman–Crippen MR) is 56.6 cm³/mol. The Labute approximate surface area is 89.0 Å². The maximum Gasteiger partial charge on any atom is 0.164 e. The van der Waals surface area contributed by atoms with Crippen LogP contribution in [0.3, 0.4) is 0 Å². The van der Waals surface area contributed by atoms with Crippen LogP contribution < -0.4 is 15.2 Å². The van der Waals surface area contributed by atoms with Gasteiger partial charge in [-0.2, -0.15) is 0 Å². The van der Waals surface area contributed by atoms with E-state index in [2.05, 4.69) is 0 Å². The lowest BCUT2D eigenvalue weighted by atomic mass is 10.2. The fourth-order valence-electron chi connectivity index (χ4n) is 1.24. The Balaban J connectivity index is 3.09. The third-order valence-corrected chi connectivity index (χ3v) is 1.92. The van der Waals surface area contributed by atoms with Gasteiger partial charge in [0.1, 0.15) is 5.82 Å². The fourth-order valence-corrected chi connectivity index (χ4v) is 1.24. The normalized spacial score (nSPS) is 10.5. The minimum absolute atomic E-state index is 0.0259. The van der Waals surface area contributed by atoms with Crippen molar-refractivity contribution in [2.75, 3.05) is 7.11 Å². The average Bonchev–Trinajstić information content (AvgIpc) is 2.17. The SMILES string of the molecule is COc1cc(CN)c(F)cc1OC(C)C. The molecule has 0 atom stereocenters. The molecule has 0 aliphatic rings. The van der Waals surface area contributed by atoms with Crippen molar-refractivity contribution in [2.24, 2.45) is 5.73 Å². The molecule has 0 unspecified atom stereocenters. The van der Waals surface area contributed by atoms with Crippen LogP contribution in [0.1, 0.15) is 19.4 Å². The van der Waals surface area contributed by atoms with Gasteiger partial charge in [0, 0.05) is 18.2 Å². The molecular formula is C11H16FNO2. The van der Waals surface area contributed by atoms with Gasteiger partial charge in [0.05, 0.1) is 13.2 Å². The summed E-state index contributed by atoms with van der Waals surface area (Å²) in [6.45, 7) is 3.88. The molecule has 1 aromatic rings. The average molecular weight is 213 g/mol. The summed E-state index contributed by atoms with van der Waals surface area (Å²) in [5.41, 5.74) is 5.81. The van der Waals surface area contributed by atoms with Crippen molar-refractivity contribution >= 4 is 0 Å². The van der Waals surface area contributed by atoms with Crippen molar-refractivity contribution in [3.05, 3.63) is 23.5 Å². The van der Waals surface area contributed by atoms with Gasteiger partial charge in [0.15, 0.2) is 11.5 Å². The summed E-state index contributed by atoms with van der Waals surface area (Å²) in [5.74, 6) is 0.543. The molecule has 0 saturated heterocycles. The molecule has 1 aromatic carbocycles. The third kappa shape index (κ3) is 2.83. The lowest BCUT2D eigenvalue weighted by molar-refractivity contribution is 0.229. The van der Waals surface area contributed by atoms with Crippen LogP contribution in [0.2, 0.25) is 0 Å². The second-order valence-corrected chi connectivity index (χ2v) is 3.47.